The highest BCUT2D eigenvalue weighted by Gasteiger charge is 2.15. The van der Waals surface area contributed by atoms with Crippen molar-refractivity contribution in [1.29, 1.82) is 0 Å². The molecule has 2 heteroatoms. The number of fused-ring (bicyclic) bond motifs is 1. The van der Waals surface area contributed by atoms with E-state index in [1.54, 1.807) is 0 Å². The van der Waals surface area contributed by atoms with Crippen LogP contribution in [-0.4, -0.2) is 26.2 Å². The van der Waals surface area contributed by atoms with Crippen molar-refractivity contribution in [2.24, 2.45) is 0 Å². The van der Waals surface area contributed by atoms with Crippen LogP contribution in [0.1, 0.15) is 182 Å². The summed E-state index contributed by atoms with van der Waals surface area (Å²) in [6.45, 7) is 14.1. The van der Waals surface area contributed by atoms with E-state index >= 15 is 0 Å². The van der Waals surface area contributed by atoms with Crippen molar-refractivity contribution in [3.63, 3.8) is 0 Å². The molecule has 44 heavy (non-hydrogen) atoms. The van der Waals surface area contributed by atoms with Gasteiger partial charge in [0, 0.05) is 48.3 Å². The summed E-state index contributed by atoms with van der Waals surface area (Å²) in [5.41, 5.74) is 2.95. The second-order valence-corrected chi connectivity index (χ2v) is 13.7. The highest BCUT2D eigenvalue weighted by Crippen LogP contribution is 2.34. The van der Waals surface area contributed by atoms with Crippen molar-refractivity contribution in [3.8, 4) is 0 Å². The minimum absolute atomic E-state index is 1.20. The van der Waals surface area contributed by atoms with E-state index < -0.39 is 0 Å². The number of rotatable bonds is 30. The van der Waals surface area contributed by atoms with Crippen LogP contribution in [0.15, 0.2) is 36.4 Å². The van der Waals surface area contributed by atoms with Crippen LogP contribution in [-0.2, 0) is 0 Å². The fourth-order valence-corrected chi connectivity index (χ4v) is 6.87. The first kappa shape index (κ1) is 38.5. The molecule has 2 aromatic carbocycles. The van der Waals surface area contributed by atoms with E-state index in [1.807, 2.05) is 0 Å². The minimum Gasteiger partial charge on any atom is -0.371 e. The third-order valence-electron chi connectivity index (χ3n) is 9.68. The first-order chi connectivity index (χ1) is 21.8. The van der Waals surface area contributed by atoms with Crippen LogP contribution in [0.2, 0.25) is 0 Å². The lowest BCUT2D eigenvalue weighted by atomic mass is 10.0. The van der Waals surface area contributed by atoms with Crippen molar-refractivity contribution in [1.82, 2.24) is 0 Å². The predicted octanol–water partition coefficient (Wildman–Crippen LogP) is 13.9. The Morgan fingerprint density at radius 3 is 0.841 bits per heavy atom. The lowest BCUT2D eigenvalue weighted by Gasteiger charge is -2.29. The van der Waals surface area contributed by atoms with Crippen molar-refractivity contribution < 1.29 is 0 Å². The zero-order valence-corrected chi connectivity index (χ0v) is 30.2. The van der Waals surface area contributed by atoms with Crippen LogP contribution in [0.4, 0.5) is 11.4 Å². The molecule has 0 fully saturated rings. The topological polar surface area (TPSA) is 6.48 Å². The summed E-state index contributed by atoms with van der Waals surface area (Å²) >= 11 is 0. The molecule has 0 spiro atoms. The van der Waals surface area contributed by atoms with Crippen LogP contribution in [0.3, 0.4) is 0 Å². The highest BCUT2D eigenvalue weighted by atomic mass is 15.1. The maximum absolute atomic E-state index is 2.76. The van der Waals surface area contributed by atoms with Crippen molar-refractivity contribution in [3.05, 3.63) is 36.4 Å². The molecule has 0 aliphatic rings. The van der Waals surface area contributed by atoms with Gasteiger partial charge in [-0.1, -0.05) is 180 Å². The molecular formula is C42H74N2. The molecule has 0 aromatic heterocycles. The summed E-state index contributed by atoms with van der Waals surface area (Å²) in [5, 5.41) is 2.94. The fourth-order valence-electron chi connectivity index (χ4n) is 6.87. The van der Waals surface area contributed by atoms with Gasteiger partial charge in [0.1, 0.15) is 0 Å². The molecule has 0 heterocycles. The molecule has 252 valence electrons. The quantitative estimate of drug-likeness (QED) is 0.0816. The van der Waals surface area contributed by atoms with Crippen molar-refractivity contribution in [2.75, 3.05) is 36.0 Å². The molecule has 0 aliphatic carbocycles. The summed E-state index contributed by atoms with van der Waals surface area (Å²) in [4.78, 5) is 5.52. The molecule has 0 unspecified atom stereocenters. The van der Waals surface area contributed by atoms with E-state index in [0.29, 0.717) is 0 Å². The van der Waals surface area contributed by atoms with Gasteiger partial charge in [-0.25, -0.2) is 0 Å². The molecular weight excluding hydrogens is 532 g/mol. The van der Waals surface area contributed by atoms with Crippen molar-refractivity contribution in [2.45, 2.75) is 182 Å². The second-order valence-electron chi connectivity index (χ2n) is 13.7. The Kier molecular flexibility index (Phi) is 23.2. The van der Waals surface area contributed by atoms with E-state index in [-0.39, 0.29) is 0 Å². The molecule has 0 aliphatic heterocycles. The lowest BCUT2D eigenvalue weighted by Crippen LogP contribution is -2.27. The van der Waals surface area contributed by atoms with E-state index in [0.717, 1.165) is 0 Å². The zero-order chi connectivity index (χ0) is 31.5. The molecule has 2 aromatic rings. The molecule has 2 nitrogen and oxygen atoms in total. The standard InChI is InChI=1S/C42H74N2/c1-5-9-13-17-21-25-35-43(36-26-22-18-14-10-6-2)41-33-29-32-40-39(41)31-30-34-42(40)44(37-27-23-19-15-11-7-3)38-28-24-20-16-12-8-4/h29-34H,5-28,35-38H2,1-4H3. The summed E-state index contributed by atoms with van der Waals surface area (Å²) in [7, 11) is 0. The van der Waals surface area contributed by atoms with Gasteiger partial charge in [-0.05, 0) is 37.8 Å². The monoisotopic (exact) mass is 607 g/mol. The maximum atomic E-state index is 2.76. The van der Waals surface area contributed by atoms with Crippen molar-refractivity contribution >= 4 is 22.1 Å². The Bertz CT molecular complexity index is 814. The minimum atomic E-state index is 1.20. The van der Waals surface area contributed by atoms with Gasteiger partial charge in [-0.2, -0.15) is 0 Å². The van der Waals surface area contributed by atoms with E-state index in [4.69, 9.17) is 0 Å². The predicted molar refractivity (Wildman–Crippen MR) is 202 cm³/mol. The molecule has 0 radical (unpaired) electrons. The fraction of sp³-hybridized carbons (Fsp3) is 0.762. The number of hydrogen-bond acceptors (Lipinski definition) is 2. The SMILES string of the molecule is CCCCCCCCN(CCCCCCCC)c1cccc2c(N(CCCCCCCC)CCCCCCCC)cccc12. The average molecular weight is 607 g/mol. The second kappa shape index (κ2) is 26.5. The maximum Gasteiger partial charge on any atom is 0.0446 e. The molecule has 0 N–H and O–H groups in total. The van der Waals surface area contributed by atoms with E-state index in [2.05, 4.69) is 73.9 Å². The van der Waals surface area contributed by atoms with E-state index in [1.165, 1.54) is 202 Å². The Balaban J connectivity index is 2.21. The number of unbranched alkanes of at least 4 members (excludes halogenated alkanes) is 20. The summed E-state index contributed by atoms with van der Waals surface area (Å²) in [5.74, 6) is 0. The normalized spacial score (nSPS) is 11.5. The van der Waals surface area contributed by atoms with Crippen LogP contribution in [0, 0.1) is 0 Å². The first-order valence-electron chi connectivity index (χ1n) is 19.8. The van der Waals surface area contributed by atoms with Gasteiger partial charge in [0.05, 0.1) is 0 Å². The third kappa shape index (κ3) is 16.0. The Labute approximate surface area is 275 Å². The van der Waals surface area contributed by atoms with Gasteiger partial charge in [0.2, 0.25) is 0 Å². The van der Waals surface area contributed by atoms with Gasteiger partial charge in [-0.3, -0.25) is 0 Å². The van der Waals surface area contributed by atoms with Gasteiger partial charge in [0.15, 0.2) is 0 Å². The van der Waals surface area contributed by atoms with Crippen LogP contribution in [0.25, 0.3) is 10.8 Å². The molecule has 0 saturated heterocycles. The molecule has 2 rings (SSSR count). The summed E-state index contributed by atoms with van der Waals surface area (Å²) in [6, 6.07) is 14.4. The number of anilines is 2. The van der Waals surface area contributed by atoms with Gasteiger partial charge >= 0.3 is 0 Å². The number of hydrogen-bond donors (Lipinski definition) is 0. The Hall–Kier alpha value is -1.70. The molecule has 0 atom stereocenters. The Morgan fingerprint density at radius 1 is 0.318 bits per heavy atom. The first-order valence-corrected chi connectivity index (χ1v) is 19.8. The summed E-state index contributed by atoms with van der Waals surface area (Å²) < 4.78 is 0. The van der Waals surface area contributed by atoms with Gasteiger partial charge < -0.3 is 9.80 Å². The third-order valence-corrected chi connectivity index (χ3v) is 9.68. The smallest absolute Gasteiger partial charge is 0.0446 e. The van der Waals surface area contributed by atoms with Gasteiger partial charge in [0.25, 0.3) is 0 Å². The molecule has 0 bridgehead atoms. The molecule has 0 amide bonds. The average Bonchev–Trinajstić information content (AvgIpc) is 3.05. The number of nitrogens with zero attached hydrogens (tertiary/aromatic N) is 2. The summed E-state index contributed by atoms with van der Waals surface area (Å²) in [6.07, 6.45) is 32.8. The lowest BCUT2D eigenvalue weighted by molar-refractivity contribution is 0.575. The van der Waals surface area contributed by atoms with Crippen LogP contribution >= 0.6 is 0 Å². The molecule has 0 saturated carbocycles. The number of benzene rings is 2. The largest absolute Gasteiger partial charge is 0.371 e. The van der Waals surface area contributed by atoms with Crippen LogP contribution < -0.4 is 9.80 Å². The van der Waals surface area contributed by atoms with E-state index in [9.17, 15) is 0 Å². The zero-order valence-electron chi connectivity index (χ0n) is 30.2. The van der Waals surface area contributed by atoms with Gasteiger partial charge in [-0.15, -0.1) is 0 Å². The van der Waals surface area contributed by atoms with Crippen LogP contribution in [0.5, 0.6) is 0 Å². The highest BCUT2D eigenvalue weighted by molar-refractivity contribution is 6.02. The Morgan fingerprint density at radius 2 is 0.568 bits per heavy atom.